The molecule has 1 aliphatic rings. The van der Waals surface area contributed by atoms with Crippen LogP contribution in [0.25, 0.3) is 0 Å². The van der Waals surface area contributed by atoms with Crippen molar-refractivity contribution in [2.75, 3.05) is 18.4 Å². The summed E-state index contributed by atoms with van der Waals surface area (Å²) in [5, 5.41) is 7.38. The lowest BCUT2D eigenvalue weighted by molar-refractivity contribution is -0.136. The van der Waals surface area contributed by atoms with Crippen molar-refractivity contribution in [2.45, 2.75) is 37.9 Å². The molecule has 4 nitrogen and oxygen atoms in total. The number of aromatic nitrogens is 2. The van der Waals surface area contributed by atoms with E-state index in [2.05, 4.69) is 31.7 Å². The molecular formula is C22H23F3N4S2. The Morgan fingerprint density at radius 3 is 2.68 bits per heavy atom. The van der Waals surface area contributed by atoms with E-state index in [1.807, 2.05) is 17.3 Å². The van der Waals surface area contributed by atoms with Gasteiger partial charge in [-0.25, -0.2) is 4.98 Å². The van der Waals surface area contributed by atoms with E-state index in [1.165, 1.54) is 17.7 Å². The molecule has 31 heavy (non-hydrogen) atoms. The summed E-state index contributed by atoms with van der Waals surface area (Å²) in [4.78, 5) is 6.53. The maximum Gasteiger partial charge on any atom is 0.418 e. The Balaban J connectivity index is 1.34. The second-order valence-electron chi connectivity index (χ2n) is 7.60. The minimum atomic E-state index is -4.42. The lowest BCUT2D eigenvalue weighted by Gasteiger charge is -2.34. The molecule has 0 radical (unpaired) electrons. The summed E-state index contributed by atoms with van der Waals surface area (Å²) in [6, 6.07) is 7.56. The Bertz CT molecular complexity index is 1010. The SMILES string of the molecule is FC(F)(F)c1ccccc1NC(=S)N1CCC(c2nccn2CCc2ccsc2)CC1. The standard InChI is InChI=1S/C22H23F3N4S2/c23-22(24,25)18-3-1-2-4-19(18)27-21(30)29-11-6-17(7-12-29)20-26-9-13-28(20)10-5-16-8-14-31-15-16/h1-4,8-9,13-15,17H,5-7,10-12H2,(H,27,30). The maximum absolute atomic E-state index is 13.2. The van der Waals surface area contributed by atoms with E-state index in [0.717, 1.165) is 37.7 Å². The number of hydrogen-bond acceptors (Lipinski definition) is 3. The number of thiocarbonyl (C=S) groups is 1. The van der Waals surface area contributed by atoms with Crippen molar-refractivity contribution in [1.82, 2.24) is 14.5 Å². The molecule has 0 bridgehead atoms. The Hall–Kier alpha value is -2.39. The van der Waals surface area contributed by atoms with Crippen LogP contribution in [0.3, 0.4) is 0 Å². The van der Waals surface area contributed by atoms with Gasteiger partial charge in [0.1, 0.15) is 5.82 Å². The van der Waals surface area contributed by atoms with Crippen molar-refractivity contribution in [3.05, 3.63) is 70.4 Å². The number of para-hydroxylation sites is 1. The third-order valence-electron chi connectivity index (χ3n) is 5.59. The third-order valence-corrected chi connectivity index (χ3v) is 6.68. The number of alkyl halides is 3. The molecule has 1 N–H and O–H groups in total. The van der Waals surface area contributed by atoms with E-state index in [1.54, 1.807) is 17.4 Å². The molecule has 1 fully saturated rings. The number of thiophene rings is 1. The van der Waals surface area contributed by atoms with Gasteiger partial charge in [-0.15, -0.1) is 0 Å². The predicted molar refractivity (Wildman–Crippen MR) is 121 cm³/mol. The highest BCUT2D eigenvalue weighted by molar-refractivity contribution is 7.80. The van der Waals surface area contributed by atoms with Crippen molar-refractivity contribution in [2.24, 2.45) is 0 Å². The maximum atomic E-state index is 13.2. The number of aryl methyl sites for hydroxylation is 2. The van der Waals surface area contributed by atoms with Crippen LogP contribution in [0.5, 0.6) is 0 Å². The van der Waals surface area contributed by atoms with E-state index < -0.39 is 11.7 Å². The fourth-order valence-corrected chi connectivity index (χ4v) is 4.92. The van der Waals surface area contributed by atoms with Crippen LogP contribution in [-0.4, -0.2) is 32.7 Å². The van der Waals surface area contributed by atoms with Crippen LogP contribution < -0.4 is 5.32 Å². The summed E-state index contributed by atoms with van der Waals surface area (Å²) in [5.74, 6) is 1.40. The molecule has 2 aromatic heterocycles. The average Bonchev–Trinajstić information content (AvgIpc) is 3.44. The Morgan fingerprint density at radius 1 is 1.19 bits per heavy atom. The van der Waals surface area contributed by atoms with Crippen LogP contribution in [-0.2, 0) is 19.1 Å². The average molecular weight is 465 g/mol. The van der Waals surface area contributed by atoms with Crippen LogP contribution in [0, 0.1) is 0 Å². The minimum absolute atomic E-state index is 0.00824. The first kappa shape index (κ1) is 21.8. The van der Waals surface area contributed by atoms with Crippen molar-refractivity contribution < 1.29 is 13.2 Å². The van der Waals surface area contributed by atoms with Crippen LogP contribution in [0.4, 0.5) is 18.9 Å². The van der Waals surface area contributed by atoms with Gasteiger partial charge in [-0.3, -0.25) is 0 Å². The quantitative estimate of drug-likeness (QED) is 0.485. The van der Waals surface area contributed by atoms with Gasteiger partial charge in [0.05, 0.1) is 11.3 Å². The molecule has 9 heteroatoms. The molecule has 164 valence electrons. The van der Waals surface area contributed by atoms with Gasteiger partial charge in [-0.05, 0) is 66.0 Å². The number of piperidine rings is 1. The van der Waals surface area contributed by atoms with E-state index in [0.29, 0.717) is 24.1 Å². The van der Waals surface area contributed by atoms with Crippen molar-refractivity contribution in [3.63, 3.8) is 0 Å². The molecular weight excluding hydrogens is 441 g/mol. The van der Waals surface area contributed by atoms with Crippen LogP contribution in [0.2, 0.25) is 0 Å². The van der Waals surface area contributed by atoms with Gasteiger partial charge in [-0.2, -0.15) is 24.5 Å². The molecule has 0 saturated carbocycles. The number of benzene rings is 1. The topological polar surface area (TPSA) is 33.1 Å². The Kier molecular flexibility index (Phi) is 6.62. The summed E-state index contributed by atoms with van der Waals surface area (Å²) in [6.07, 6.45) is 2.13. The number of nitrogens with zero attached hydrogens (tertiary/aromatic N) is 3. The molecule has 0 spiro atoms. The van der Waals surface area contributed by atoms with E-state index in [9.17, 15) is 13.2 Å². The number of imidazole rings is 1. The Morgan fingerprint density at radius 2 is 1.97 bits per heavy atom. The van der Waals surface area contributed by atoms with Crippen molar-refractivity contribution >= 4 is 34.4 Å². The zero-order valence-electron chi connectivity index (χ0n) is 16.8. The molecule has 3 heterocycles. The van der Waals surface area contributed by atoms with Crippen LogP contribution in [0.1, 0.15) is 35.7 Å². The summed E-state index contributed by atoms with van der Waals surface area (Å²) >= 11 is 7.12. The normalized spacial score (nSPS) is 15.3. The van der Waals surface area contributed by atoms with Crippen molar-refractivity contribution in [3.8, 4) is 0 Å². The second-order valence-corrected chi connectivity index (χ2v) is 8.76. The Labute approximate surface area is 188 Å². The molecule has 1 aliphatic heterocycles. The molecule has 0 atom stereocenters. The van der Waals surface area contributed by atoms with Gasteiger partial charge in [0.25, 0.3) is 0 Å². The number of hydrogen-bond donors (Lipinski definition) is 1. The predicted octanol–water partition coefficient (Wildman–Crippen LogP) is 5.78. The van der Waals surface area contributed by atoms with E-state index >= 15 is 0 Å². The van der Waals surface area contributed by atoms with Crippen LogP contribution >= 0.6 is 23.6 Å². The summed E-state index contributed by atoms with van der Waals surface area (Å²) in [7, 11) is 0. The van der Waals surface area contributed by atoms with Gasteiger partial charge in [0.15, 0.2) is 5.11 Å². The van der Waals surface area contributed by atoms with E-state index in [4.69, 9.17) is 12.2 Å². The molecule has 0 aliphatic carbocycles. The van der Waals surface area contributed by atoms with Gasteiger partial charge in [0, 0.05) is 37.9 Å². The fourth-order valence-electron chi connectivity index (χ4n) is 3.93. The highest BCUT2D eigenvalue weighted by atomic mass is 32.1. The minimum Gasteiger partial charge on any atom is -0.349 e. The molecule has 1 saturated heterocycles. The number of likely N-dealkylation sites (tertiary alicyclic amines) is 1. The molecule has 0 amide bonds. The first-order chi connectivity index (χ1) is 14.9. The summed E-state index contributed by atoms with van der Waals surface area (Å²) in [6.45, 7) is 2.25. The van der Waals surface area contributed by atoms with Crippen LogP contribution in [0.15, 0.2) is 53.5 Å². The highest BCUT2D eigenvalue weighted by Crippen LogP contribution is 2.35. The van der Waals surface area contributed by atoms with Crippen molar-refractivity contribution in [1.29, 1.82) is 0 Å². The smallest absolute Gasteiger partial charge is 0.349 e. The lowest BCUT2D eigenvalue weighted by Crippen LogP contribution is -2.41. The van der Waals surface area contributed by atoms with E-state index in [-0.39, 0.29) is 5.69 Å². The largest absolute Gasteiger partial charge is 0.418 e. The molecule has 0 unspecified atom stereocenters. The number of halogens is 3. The zero-order chi connectivity index (χ0) is 21.8. The highest BCUT2D eigenvalue weighted by Gasteiger charge is 2.34. The molecule has 3 aromatic rings. The van der Waals surface area contributed by atoms with Gasteiger partial charge in [-0.1, -0.05) is 12.1 Å². The zero-order valence-corrected chi connectivity index (χ0v) is 18.4. The monoisotopic (exact) mass is 464 g/mol. The lowest BCUT2D eigenvalue weighted by atomic mass is 9.96. The first-order valence-corrected chi connectivity index (χ1v) is 11.5. The van der Waals surface area contributed by atoms with Gasteiger partial charge < -0.3 is 14.8 Å². The van der Waals surface area contributed by atoms with Gasteiger partial charge in [0.2, 0.25) is 0 Å². The van der Waals surface area contributed by atoms with Gasteiger partial charge >= 0.3 is 6.18 Å². The first-order valence-electron chi connectivity index (χ1n) is 10.2. The number of rotatable bonds is 5. The second kappa shape index (κ2) is 9.40. The number of anilines is 1. The molecule has 1 aromatic carbocycles. The fraction of sp³-hybridized carbons (Fsp3) is 0.364. The summed E-state index contributed by atoms with van der Waals surface area (Å²) < 4.78 is 41.9. The molecule has 4 rings (SSSR count). The third kappa shape index (κ3) is 5.27. The number of nitrogens with one attached hydrogen (secondary N) is 1. The summed E-state index contributed by atoms with van der Waals surface area (Å²) in [5.41, 5.74) is 0.612.